The number of hydrogen-bond acceptors (Lipinski definition) is 1. The van der Waals surface area contributed by atoms with Gasteiger partial charge in [-0.05, 0) is 96.7 Å². The molecule has 4 aliphatic carbocycles. The third-order valence-electron chi connectivity index (χ3n) is 12.4. The Labute approximate surface area is 193 Å². The molecule has 0 saturated heterocycles. The molecule has 0 radical (unpaired) electrons. The average molecular weight is 429 g/mol. The van der Waals surface area contributed by atoms with Crippen molar-refractivity contribution in [2.45, 2.75) is 126 Å². The molecule has 8 atom stereocenters. The number of ketones is 1. The maximum atomic E-state index is 12.8. The fourth-order valence-electron chi connectivity index (χ4n) is 10.3. The number of rotatable bonds is 5. The van der Waals surface area contributed by atoms with Gasteiger partial charge in [0.1, 0.15) is 5.78 Å². The zero-order valence-corrected chi connectivity index (χ0v) is 22.2. The summed E-state index contributed by atoms with van der Waals surface area (Å²) in [6.45, 7) is 19.9. The van der Waals surface area contributed by atoms with Crippen LogP contribution in [0.1, 0.15) is 126 Å². The molecular formula is C30H52O. The van der Waals surface area contributed by atoms with Gasteiger partial charge in [0.05, 0.1) is 0 Å². The summed E-state index contributed by atoms with van der Waals surface area (Å²) in [4.78, 5) is 12.8. The van der Waals surface area contributed by atoms with Gasteiger partial charge in [-0.1, -0.05) is 74.7 Å². The normalized spacial score (nSPS) is 47.6. The maximum Gasteiger partial charge on any atom is 0.138 e. The first-order valence-electron chi connectivity index (χ1n) is 13.9. The van der Waals surface area contributed by atoms with Crippen molar-refractivity contribution in [3.8, 4) is 0 Å². The quantitative estimate of drug-likeness (QED) is 0.428. The lowest BCUT2D eigenvalue weighted by Gasteiger charge is -2.66. The topological polar surface area (TPSA) is 17.1 Å². The maximum absolute atomic E-state index is 12.8. The molecule has 0 aliphatic heterocycles. The second kappa shape index (κ2) is 7.87. The third-order valence-corrected chi connectivity index (χ3v) is 12.4. The minimum Gasteiger partial charge on any atom is -0.299 e. The van der Waals surface area contributed by atoms with Crippen LogP contribution in [0.25, 0.3) is 0 Å². The van der Waals surface area contributed by atoms with Crippen LogP contribution >= 0.6 is 0 Å². The third kappa shape index (κ3) is 3.41. The predicted molar refractivity (Wildman–Crippen MR) is 132 cm³/mol. The Kier molecular flexibility index (Phi) is 6.05. The van der Waals surface area contributed by atoms with Gasteiger partial charge < -0.3 is 0 Å². The van der Waals surface area contributed by atoms with Gasteiger partial charge in [0.2, 0.25) is 0 Å². The van der Waals surface area contributed by atoms with Crippen molar-refractivity contribution in [3.05, 3.63) is 0 Å². The van der Waals surface area contributed by atoms with E-state index < -0.39 is 0 Å². The predicted octanol–water partition coefficient (Wildman–Crippen LogP) is 8.70. The number of Topliss-reactive ketones (excluding diaryl/α,β-unsaturated/α-hetero) is 1. The van der Waals surface area contributed by atoms with Crippen LogP contribution in [0.15, 0.2) is 0 Å². The summed E-state index contributed by atoms with van der Waals surface area (Å²) >= 11 is 0. The number of carbonyl (C=O) groups excluding carboxylic acids is 1. The van der Waals surface area contributed by atoms with E-state index in [1.807, 2.05) is 0 Å². The monoisotopic (exact) mass is 428 g/mol. The van der Waals surface area contributed by atoms with Crippen molar-refractivity contribution in [1.29, 1.82) is 0 Å². The van der Waals surface area contributed by atoms with E-state index >= 15 is 0 Å². The van der Waals surface area contributed by atoms with Crippen molar-refractivity contribution < 1.29 is 4.79 Å². The molecule has 0 aromatic carbocycles. The second-order valence-corrected chi connectivity index (χ2v) is 14.3. The van der Waals surface area contributed by atoms with Gasteiger partial charge in [0.25, 0.3) is 0 Å². The highest BCUT2D eigenvalue weighted by atomic mass is 16.1. The lowest BCUT2D eigenvalue weighted by atomic mass is 9.38. The van der Waals surface area contributed by atoms with Gasteiger partial charge in [-0.25, -0.2) is 0 Å². The van der Waals surface area contributed by atoms with E-state index in [4.69, 9.17) is 0 Å². The molecule has 178 valence electrons. The zero-order valence-electron chi connectivity index (χ0n) is 22.2. The molecule has 4 aliphatic rings. The smallest absolute Gasteiger partial charge is 0.138 e. The van der Waals surface area contributed by atoms with Gasteiger partial charge in [-0.2, -0.15) is 0 Å². The summed E-state index contributed by atoms with van der Waals surface area (Å²) in [6.07, 6.45) is 14.6. The van der Waals surface area contributed by atoms with Crippen LogP contribution in [-0.2, 0) is 4.79 Å². The van der Waals surface area contributed by atoms with Crippen molar-refractivity contribution in [2.24, 2.45) is 57.2 Å². The Morgan fingerprint density at radius 1 is 0.806 bits per heavy atom. The molecule has 0 aromatic heterocycles. The molecule has 1 heteroatoms. The molecule has 1 nitrogen and oxygen atoms in total. The van der Waals surface area contributed by atoms with E-state index in [1.54, 1.807) is 0 Å². The van der Waals surface area contributed by atoms with E-state index in [1.165, 1.54) is 57.8 Å². The first-order chi connectivity index (χ1) is 14.4. The summed E-state index contributed by atoms with van der Waals surface area (Å²) < 4.78 is 0. The molecule has 0 heterocycles. The van der Waals surface area contributed by atoms with Crippen LogP contribution in [0.2, 0.25) is 0 Å². The molecule has 8 unspecified atom stereocenters. The fraction of sp³-hybridized carbons (Fsp3) is 0.967. The van der Waals surface area contributed by atoms with Crippen LogP contribution in [0.4, 0.5) is 0 Å². The molecule has 0 aromatic rings. The number of carbonyl (C=O) groups is 1. The van der Waals surface area contributed by atoms with Gasteiger partial charge in [-0.3, -0.25) is 4.79 Å². The summed E-state index contributed by atoms with van der Waals surface area (Å²) in [7, 11) is 0. The van der Waals surface area contributed by atoms with Crippen molar-refractivity contribution >= 4 is 5.78 Å². The fourth-order valence-corrected chi connectivity index (χ4v) is 10.3. The van der Waals surface area contributed by atoms with E-state index in [0.717, 1.165) is 42.4 Å². The molecule has 0 bridgehead atoms. The number of fused-ring (bicyclic) bond motifs is 5. The SMILES string of the molecule is CC(C)CCCC(C)C1CCC2(C)C3CCC4C(C)(C)C(=O)CCC4(C)C3CCC12C. The zero-order chi connectivity index (χ0) is 22.8. The van der Waals surface area contributed by atoms with Gasteiger partial charge in [0, 0.05) is 11.8 Å². The van der Waals surface area contributed by atoms with Crippen LogP contribution in [0, 0.1) is 57.2 Å². The molecule has 31 heavy (non-hydrogen) atoms. The molecule has 4 fully saturated rings. The second-order valence-electron chi connectivity index (χ2n) is 14.3. The Bertz CT molecular complexity index is 691. The lowest BCUT2D eigenvalue weighted by Crippen LogP contribution is -2.61. The highest BCUT2D eigenvalue weighted by molar-refractivity contribution is 5.85. The molecule has 0 spiro atoms. The van der Waals surface area contributed by atoms with Crippen molar-refractivity contribution in [2.75, 3.05) is 0 Å². The number of hydrogen-bond donors (Lipinski definition) is 0. The van der Waals surface area contributed by atoms with E-state index in [0.29, 0.717) is 27.9 Å². The average Bonchev–Trinajstić information content (AvgIpc) is 2.96. The van der Waals surface area contributed by atoms with Crippen LogP contribution in [0.5, 0.6) is 0 Å². The van der Waals surface area contributed by atoms with E-state index in [-0.39, 0.29) is 5.41 Å². The lowest BCUT2D eigenvalue weighted by molar-refractivity contribution is -0.183. The summed E-state index contributed by atoms with van der Waals surface area (Å²) in [5, 5.41) is 0. The van der Waals surface area contributed by atoms with Crippen molar-refractivity contribution in [3.63, 3.8) is 0 Å². The summed E-state index contributed by atoms with van der Waals surface area (Å²) in [5.41, 5.74) is 1.30. The van der Waals surface area contributed by atoms with Crippen LogP contribution < -0.4 is 0 Å². The van der Waals surface area contributed by atoms with Gasteiger partial charge in [0.15, 0.2) is 0 Å². The Balaban J connectivity index is 1.56. The molecule has 4 saturated carbocycles. The molecule has 0 amide bonds. The van der Waals surface area contributed by atoms with E-state index in [2.05, 4.69) is 55.4 Å². The van der Waals surface area contributed by atoms with Crippen LogP contribution in [-0.4, -0.2) is 5.78 Å². The minimum atomic E-state index is -0.108. The molecular weight excluding hydrogens is 376 g/mol. The van der Waals surface area contributed by atoms with Crippen molar-refractivity contribution in [1.82, 2.24) is 0 Å². The highest BCUT2D eigenvalue weighted by Crippen LogP contribution is 2.74. The first-order valence-corrected chi connectivity index (χ1v) is 13.9. The van der Waals surface area contributed by atoms with Gasteiger partial charge in [-0.15, -0.1) is 0 Å². The summed E-state index contributed by atoms with van der Waals surface area (Å²) in [6, 6.07) is 0. The molecule has 4 rings (SSSR count). The standard InChI is InChI=1S/C30H52O/c1-20(2)10-9-11-21(3)22-14-18-30(8)24-12-13-25-27(4,5)26(31)16-17-28(25,6)23(24)15-19-29(22,30)7/h20-25H,9-19H2,1-8H3. The largest absolute Gasteiger partial charge is 0.299 e. The molecule has 0 N–H and O–H groups in total. The first kappa shape index (κ1) is 23.8. The van der Waals surface area contributed by atoms with E-state index in [9.17, 15) is 4.79 Å². The Morgan fingerprint density at radius 3 is 2.16 bits per heavy atom. The highest BCUT2D eigenvalue weighted by Gasteiger charge is 2.67. The summed E-state index contributed by atoms with van der Waals surface area (Å²) in [5.74, 6) is 5.49. The minimum absolute atomic E-state index is 0.108. The van der Waals surface area contributed by atoms with Gasteiger partial charge >= 0.3 is 0 Å². The van der Waals surface area contributed by atoms with Crippen LogP contribution in [0.3, 0.4) is 0 Å². The Morgan fingerprint density at radius 2 is 1.48 bits per heavy atom. The Hall–Kier alpha value is -0.330.